The molecule has 0 aliphatic heterocycles. The van der Waals surface area contributed by atoms with Crippen molar-refractivity contribution in [3.8, 4) is 0 Å². The quantitative estimate of drug-likeness (QED) is 0.528. The first-order valence-electron chi connectivity index (χ1n) is 7.39. The lowest BCUT2D eigenvalue weighted by Gasteiger charge is -2.17. The Morgan fingerprint density at radius 1 is 0.650 bits per heavy atom. The molecule has 0 aromatic carbocycles. The fourth-order valence-corrected chi connectivity index (χ4v) is 1.32. The molecule has 0 amide bonds. The Morgan fingerprint density at radius 2 is 0.950 bits per heavy atom. The third-order valence-corrected chi connectivity index (χ3v) is 2.73. The van der Waals surface area contributed by atoms with Crippen molar-refractivity contribution in [1.82, 2.24) is 0 Å². The summed E-state index contributed by atoms with van der Waals surface area (Å²) in [5.41, 5.74) is -0.859. The molecule has 0 spiro atoms. The molecule has 0 saturated heterocycles. The Hall–Kier alpha value is -1.06. The average Bonchev–Trinajstić information content (AvgIpc) is 2.29. The van der Waals surface area contributed by atoms with Crippen LogP contribution in [0.25, 0.3) is 0 Å². The summed E-state index contributed by atoms with van der Waals surface area (Å²) in [7, 11) is 0. The normalized spacial score (nSPS) is 12.1. The number of carbonyl (C=O) groups is 2. The highest BCUT2D eigenvalue weighted by Crippen LogP contribution is 2.16. The van der Waals surface area contributed by atoms with Gasteiger partial charge in [0.05, 0.1) is 24.0 Å². The summed E-state index contributed by atoms with van der Waals surface area (Å²) in [6.45, 7) is 12.0. The second-order valence-corrected chi connectivity index (χ2v) is 7.19. The van der Waals surface area contributed by atoms with Crippen molar-refractivity contribution in [2.24, 2.45) is 10.8 Å². The van der Waals surface area contributed by atoms with Gasteiger partial charge in [-0.05, 0) is 67.2 Å². The number of unbranched alkanes of at least 4 members (excludes halogenated alkanes) is 3. The SMILES string of the molecule is CC(C)(C)C(=O)OCCCCCCOC(=O)C(C)(C)C. The largest absolute Gasteiger partial charge is 0.465 e. The third kappa shape index (κ3) is 8.94. The fraction of sp³-hybridized carbons (Fsp3) is 0.875. The summed E-state index contributed by atoms with van der Waals surface area (Å²) in [6.07, 6.45) is 3.67. The molecule has 0 unspecified atom stereocenters. The smallest absolute Gasteiger partial charge is 0.311 e. The van der Waals surface area contributed by atoms with Crippen LogP contribution < -0.4 is 0 Å². The molecule has 0 heterocycles. The number of hydrogen-bond donors (Lipinski definition) is 0. The van der Waals surface area contributed by atoms with Crippen molar-refractivity contribution in [2.45, 2.75) is 67.2 Å². The Bertz CT molecular complexity index is 275. The van der Waals surface area contributed by atoms with E-state index >= 15 is 0 Å². The van der Waals surface area contributed by atoms with E-state index in [1.807, 2.05) is 41.5 Å². The Kier molecular flexibility index (Phi) is 7.84. The minimum absolute atomic E-state index is 0.156. The van der Waals surface area contributed by atoms with E-state index in [9.17, 15) is 9.59 Å². The van der Waals surface area contributed by atoms with Crippen LogP contribution in [0.3, 0.4) is 0 Å². The molecule has 0 rings (SSSR count). The molecule has 0 atom stereocenters. The number of ether oxygens (including phenoxy) is 2. The Labute approximate surface area is 123 Å². The van der Waals surface area contributed by atoms with Gasteiger partial charge in [0.15, 0.2) is 0 Å². The van der Waals surface area contributed by atoms with Crippen LogP contribution in [0.4, 0.5) is 0 Å². The molecule has 0 aromatic rings. The number of carbonyl (C=O) groups excluding carboxylic acids is 2. The molecular formula is C16H30O4. The maximum absolute atomic E-state index is 11.5. The maximum atomic E-state index is 11.5. The van der Waals surface area contributed by atoms with Gasteiger partial charge in [0.2, 0.25) is 0 Å². The molecule has 4 nitrogen and oxygen atoms in total. The van der Waals surface area contributed by atoms with E-state index in [1.165, 1.54) is 0 Å². The molecule has 0 fully saturated rings. The zero-order chi connectivity index (χ0) is 15.8. The monoisotopic (exact) mass is 286 g/mol. The molecule has 118 valence electrons. The lowest BCUT2D eigenvalue weighted by molar-refractivity contribution is -0.154. The van der Waals surface area contributed by atoms with Crippen molar-refractivity contribution in [1.29, 1.82) is 0 Å². The molecule has 0 aliphatic rings. The zero-order valence-electron chi connectivity index (χ0n) is 13.9. The fourth-order valence-electron chi connectivity index (χ4n) is 1.32. The van der Waals surface area contributed by atoms with Crippen LogP contribution in [0.2, 0.25) is 0 Å². The van der Waals surface area contributed by atoms with E-state index in [4.69, 9.17) is 9.47 Å². The molecular weight excluding hydrogens is 256 g/mol. The summed E-state index contributed by atoms with van der Waals surface area (Å²) in [6, 6.07) is 0. The van der Waals surface area contributed by atoms with Crippen molar-refractivity contribution in [3.63, 3.8) is 0 Å². The molecule has 20 heavy (non-hydrogen) atoms. The standard InChI is InChI=1S/C16H30O4/c1-15(2,3)13(17)19-11-9-7-8-10-12-20-14(18)16(4,5)6/h7-12H2,1-6H3. The van der Waals surface area contributed by atoms with Crippen LogP contribution in [0.1, 0.15) is 67.2 Å². The minimum atomic E-state index is -0.429. The van der Waals surface area contributed by atoms with Gasteiger partial charge in [0.25, 0.3) is 0 Å². The summed E-state index contributed by atoms with van der Waals surface area (Å²) in [5.74, 6) is -0.312. The molecule has 4 heteroatoms. The van der Waals surface area contributed by atoms with E-state index in [-0.39, 0.29) is 11.9 Å². The Morgan fingerprint density at radius 3 is 1.20 bits per heavy atom. The molecule has 0 saturated carbocycles. The number of rotatable bonds is 7. The van der Waals surface area contributed by atoms with Crippen LogP contribution in [0, 0.1) is 10.8 Å². The van der Waals surface area contributed by atoms with Gasteiger partial charge in [-0.15, -0.1) is 0 Å². The van der Waals surface area contributed by atoms with Crippen molar-refractivity contribution in [2.75, 3.05) is 13.2 Å². The highest BCUT2D eigenvalue weighted by atomic mass is 16.5. The van der Waals surface area contributed by atoms with Crippen molar-refractivity contribution in [3.05, 3.63) is 0 Å². The van der Waals surface area contributed by atoms with Gasteiger partial charge >= 0.3 is 11.9 Å². The summed E-state index contributed by atoms with van der Waals surface area (Å²) >= 11 is 0. The molecule has 0 radical (unpaired) electrons. The highest BCUT2D eigenvalue weighted by Gasteiger charge is 2.23. The van der Waals surface area contributed by atoms with Gasteiger partial charge in [0, 0.05) is 0 Å². The second-order valence-electron chi connectivity index (χ2n) is 7.19. The number of hydrogen-bond acceptors (Lipinski definition) is 4. The minimum Gasteiger partial charge on any atom is -0.465 e. The predicted molar refractivity (Wildman–Crippen MR) is 79.3 cm³/mol. The van der Waals surface area contributed by atoms with Crippen LogP contribution in [-0.2, 0) is 19.1 Å². The summed E-state index contributed by atoms with van der Waals surface area (Å²) < 4.78 is 10.3. The predicted octanol–water partition coefficient (Wildman–Crippen LogP) is 3.73. The highest BCUT2D eigenvalue weighted by molar-refractivity contribution is 5.75. The lowest BCUT2D eigenvalue weighted by Crippen LogP contribution is -2.23. The zero-order valence-corrected chi connectivity index (χ0v) is 13.9. The van der Waals surface area contributed by atoms with E-state index in [0.717, 1.165) is 25.7 Å². The molecule has 0 aliphatic carbocycles. The number of esters is 2. The first-order chi connectivity index (χ1) is 9.05. The third-order valence-electron chi connectivity index (χ3n) is 2.73. The van der Waals surface area contributed by atoms with Crippen molar-refractivity contribution >= 4 is 11.9 Å². The maximum Gasteiger partial charge on any atom is 0.311 e. The Balaban J connectivity index is 3.47. The van der Waals surface area contributed by atoms with Gasteiger partial charge in [-0.25, -0.2) is 0 Å². The van der Waals surface area contributed by atoms with E-state index < -0.39 is 10.8 Å². The first kappa shape index (κ1) is 18.9. The van der Waals surface area contributed by atoms with Gasteiger partial charge in [-0.2, -0.15) is 0 Å². The van der Waals surface area contributed by atoms with Crippen LogP contribution in [0.15, 0.2) is 0 Å². The van der Waals surface area contributed by atoms with Gasteiger partial charge in [-0.3, -0.25) is 9.59 Å². The van der Waals surface area contributed by atoms with Crippen molar-refractivity contribution < 1.29 is 19.1 Å². The molecule has 0 aromatic heterocycles. The van der Waals surface area contributed by atoms with E-state index in [1.54, 1.807) is 0 Å². The summed E-state index contributed by atoms with van der Waals surface area (Å²) in [5, 5.41) is 0. The van der Waals surface area contributed by atoms with Crippen LogP contribution >= 0.6 is 0 Å². The molecule has 0 N–H and O–H groups in total. The lowest BCUT2D eigenvalue weighted by atomic mass is 9.97. The average molecular weight is 286 g/mol. The van der Waals surface area contributed by atoms with Gasteiger partial charge in [0.1, 0.15) is 0 Å². The second kappa shape index (κ2) is 8.28. The molecule has 0 bridgehead atoms. The van der Waals surface area contributed by atoms with Gasteiger partial charge in [-0.1, -0.05) is 0 Å². The van der Waals surface area contributed by atoms with Gasteiger partial charge < -0.3 is 9.47 Å². The topological polar surface area (TPSA) is 52.6 Å². The van der Waals surface area contributed by atoms with Crippen LogP contribution in [0.5, 0.6) is 0 Å². The van der Waals surface area contributed by atoms with Crippen LogP contribution in [-0.4, -0.2) is 25.2 Å². The first-order valence-corrected chi connectivity index (χ1v) is 7.39. The summed E-state index contributed by atoms with van der Waals surface area (Å²) in [4.78, 5) is 23.0. The van der Waals surface area contributed by atoms with E-state index in [0.29, 0.717) is 13.2 Å². The van der Waals surface area contributed by atoms with E-state index in [2.05, 4.69) is 0 Å².